The second-order valence-corrected chi connectivity index (χ2v) is 16.8. The first-order chi connectivity index (χ1) is 27.0. The van der Waals surface area contributed by atoms with Crippen LogP contribution in [0.3, 0.4) is 0 Å². The number of aromatic hydroxyl groups is 1. The van der Waals surface area contributed by atoms with E-state index in [0.29, 0.717) is 69.4 Å². The summed E-state index contributed by atoms with van der Waals surface area (Å²) in [5.41, 5.74) is 4.13. The number of likely N-dealkylation sites (N-methyl/N-ethyl adjacent to an activating group) is 1. The summed E-state index contributed by atoms with van der Waals surface area (Å²) >= 11 is 1.43. The highest BCUT2D eigenvalue weighted by Gasteiger charge is 2.62. The highest BCUT2D eigenvalue weighted by atomic mass is 32.2. The van der Waals surface area contributed by atoms with Crippen molar-refractivity contribution >= 4 is 34.7 Å². The van der Waals surface area contributed by atoms with Crippen LogP contribution in [0.5, 0.6) is 28.7 Å². The van der Waals surface area contributed by atoms with Gasteiger partial charge in [-0.3, -0.25) is 19.9 Å². The number of rotatable bonds is 3. The standard InChI is InChI=1S/C41H43N3O11S/c1-17-10-20-11-24-39(48)44-25-14-51-40(49)41(38-23(12-21(13-45)42-41)22-8-6-7-9-26(22)55-38)15-56-37(31(44)30(43(24)4)27(20)32(47)33(17)50-5)29-28(25)36-35(52-16-53-36)18(2)34(29)54-19(3)46/h6-10,21,24-25,30-31,37,39,42,45,47-48H,11-16H2,1-5H3/t21-,24-,25-,30+,31?,37+,39-,41+/m0/s1. The number of methoxy groups -OCH3 is 1. The van der Waals surface area contributed by atoms with Crippen molar-refractivity contribution in [3.05, 3.63) is 75.0 Å². The maximum absolute atomic E-state index is 14.9. The zero-order valence-electron chi connectivity index (χ0n) is 31.6. The lowest BCUT2D eigenvalue weighted by atomic mass is 9.73. The number of nitrogens with one attached hydrogen (secondary N) is 1. The lowest BCUT2D eigenvalue weighted by molar-refractivity contribution is -0.186. The largest absolute Gasteiger partial charge is 0.504 e. The Balaban J connectivity index is 1.25. The van der Waals surface area contributed by atoms with Crippen LogP contribution < -0.4 is 24.3 Å². The van der Waals surface area contributed by atoms with Crippen LogP contribution in [-0.4, -0.2) is 101 Å². The molecule has 4 aromatic rings. The number of furan rings is 1. The Labute approximate surface area is 326 Å². The molecule has 4 bridgehead atoms. The zero-order valence-corrected chi connectivity index (χ0v) is 32.4. The Morgan fingerprint density at radius 1 is 1.09 bits per heavy atom. The van der Waals surface area contributed by atoms with Gasteiger partial charge in [0.2, 0.25) is 6.79 Å². The first-order valence-electron chi connectivity index (χ1n) is 18.9. The van der Waals surface area contributed by atoms with Gasteiger partial charge in [0.05, 0.1) is 37.1 Å². The minimum Gasteiger partial charge on any atom is -0.504 e. The molecule has 0 saturated carbocycles. The van der Waals surface area contributed by atoms with E-state index < -0.39 is 59.2 Å². The molecule has 1 aromatic heterocycles. The van der Waals surface area contributed by atoms with Crippen LogP contribution in [-0.2, 0) is 32.7 Å². The number of fused-ring (bicyclic) bond motifs is 11. The number of ether oxygens (including phenoxy) is 5. The van der Waals surface area contributed by atoms with E-state index in [-0.39, 0.29) is 31.5 Å². The molecule has 56 heavy (non-hydrogen) atoms. The molecule has 7 aliphatic heterocycles. The fraction of sp³-hybridized carbons (Fsp3) is 0.463. The number of aliphatic hydroxyl groups is 2. The van der Waals surface area contributed by atoms with Crippen LogP contribution in [0.1, 0.15) is 69.0 Å². The number of carbonyl (C=O) groups is 2. The fourth-order valence-corrected chi connectivity index (χ4v) is 12.2. The van der Waals surface area contributed by atoms with Crippen LogP contribution in [0, 0.1) is 13.8 Å². The van der Waals surface area contributed by atoms with Crippen molar-refractivity contribution < 1.29 is 53.0 Å². The summed E-state index contributed by atoms with van der Waals surface area (Å²) in [7, 11) is 3.49. The molecule has 2 saturated heterocycles. The quantitative estimate of drug-likeness (QED) is 0.175. The predicted octanol–water partition coefficient (Wildman–Crippen LogP) is 3.81. The second kappa shape index (κ2) is 12.7. The molecular formula is C41H43N3O11S. The number of carbonyl (C=O) groups excluding carboxylic acids is 2. The molecule has 11 rings (SSSR count). The van der Waals surface area contributed by atoms with Crippen molar-refractivity contribution in [2.75, 3.05) is 39.9 Å². The number of phenols is 1. The Kier molecular flexibility index (Phi) is 8.17. The van der Waals surface area contributed by atoms with Crippen LogP contribution in [0.4, 0.5) is 0 Å². The molecule has 14 nitrogen and oxygen atoms in total. The average molecular weight is 786 g/mol. The number of benzene rings is 3. The van der Waals surface area contributed by atoms with E-state index in [0.717, 1.165) is 22.1 Å². The molecule has 1 unspecified atom stereocenters. The first kappa shape index (κ1) is 35.9. The summed E-state index contributed by atoms with van der Waals surface area (Å²) in [5, 5.41) is 39.0. The highest BCUT2D eigenvalue weighted by Crippen LogP contribution is 2.64. The first-order valence-corrected chi connectivity index (χ1v) is 19.9. The highest BCUT2D eigenvalue weighted by molar-refractivity contribution is 7.99. The molecule has 7 aliphatic rings. The normalized spacial score (nSPS) is 30.3. The lowest BCUT2D eigenvalue weighted by Crippen LogP contribution is -2.70. The number of esters is 2. The summed E-state index contributed by atoms with van der Waals surface area (Å²) in [5.74, 6) is 0.970. The van der Waals surface area contributed by atoms with Crippen molar-refractivity contribution in [1.29, 1.82) is 0 Å². The van der Waals surface area contributed by atoms with E-state index >= 15 is 0 Å². The van der Waals surface area contributed by atoms with Crippen LogP contribution in [0.15, 0.2) is 34.7 Å². The van der Waals surface area contributed by atoms with Crippen molar-refractivity contribution in [2.24, 2.45) is 0 Å². The van der Waals surface area contributed by atoms with Gasteiger partial charge >= 0.3 is 11.9 Å². The molecule has 8 heterocycles. The average Bonchev–Trinajstić information content (AvgIpc) is 3.82. The molecule has 0 radical (unpaired) electrons. The number of thioether (sulfide) groups is 1. The van der Waals surface area contributed by atoms with E-state index in [4.69, 9.17) is 28.1 Å². The minimum atomic E-state index is -1.53. The minimum absolute atomic E-state index is 0.0314. The van der Waals surface area contributed by atoms with E-state index in [1.807, 2.05) is 56.1 Å². The van der Waals surface area contributed by atoms with Crippen molar-refractivity contribution in [3.8, 4) is 28.7 Å². The van der Waals surface area contributed by atoms with Gasteiger partial charge in [-0.25, -0.2) is 4.79 Å². The molecule has 15 heteroatoms. The maximum Gasteiger partial charge on any atom is 0.335 e. The number of aryl methyl sites for hydroxylation is 1. The molecule has 0 amide bonds. The smallest absolute Gasteiger partial charge is 0.335 e. The van der Waals surface area contributed by atoms with E-state index in [9.17, 15) is 24.9 Å². The van der Waals surface area contributed by atoms with Crippen LogP contribution in [0.2, 0.25) is 0 Å². The molecular weight excluding hydrogens is 743 g/mol. The number of phenolic OH excluding ortho intramolecular Hbond substituents is 1. The number of nitrogens with zero attached hydrogens (tertiary/aromatic N) is 2. The zero-order chi connectivity index (χ0) is 38.9. The number of piperazine rings is 1. The van der Waals surface area contributed by atoms with Gasteiger partial charge in [-0.15, -0.1) is 11.8 Å². The van der Waals surface area contributed by atoms with E-state index in [1.165, 1.54) is 25.8 Å². The second-order valence-electron chi connectivity index (χ2n) is 15.7. The Bertz CT molecular complexity index is 2350. The monoisotopic (exact) mass is 785 g/mol. The van der Waals surface area contributed by atoms with Crippen LogP contribution in [0.25, 0.3) is 11.0 Å². The Morgan fingerprint density at radius 2 is 1.88 bits per heavy atom. The van der Waals surface area contributed by atoms with Gasteiger partial charge in [-0.05, 0) is 50.9 Å². The third-order valence-electron chi connectivity index (χ3n) is 12.8. The SMILES string of the molecule is COc1c(C)cc2c(c1O)[C@@H]1C3[C@@H]4SC[C@]5(N[C@H](CO)Cc6c5oc5ccccc65)C(=O)OC[C@@H](c5c6c(c(C)c(OC(C)=O)c54)OCO6)N3[C@@H](O)[C@H](C2)N1C. The third-order valence-corrected chi connectivity index (χ3v) is 14.3. The molecule has 8 atom stereocenters. The van der Waals surface area contributed by atoms with Gasteiger partial charge in [-0.1, -0.05) is 24.3 Å². The topological polar surface area (TPSA) is 173 Å². The maximum atomic E-state index is 14.9. The van der Waals surface area contributed by atoms with E-state index in [2.05, 4.69) is 10.2 Å². The summed E-state index contributed by atoms with van der Waals surface area (Å²) in [4.78, 5) is 32.0. The fourth-order valence-electron chi connectivity index (χ4n) is 10.5. The molecule has 4 N–H and O–H groups in total. The van der Waals surface area contributed by atoms with Gasteiger partial charge in [0.15, 0.2) is 28.5 Å². The number of hydrogen-bond donors (Lipinski definition) is 4. The molecule has 3 aromatic carbocycles. The number of aliphatic hydroxyl groups excluding tert-OH is 2. The van der Waals surface area contributed by atoms with Crippen molar-refractivity contribution in [3.63, 3.8) is 0 Å². The molecule has 294 valence electrons. The van der Waals surface area contributed by atoms with Gasteiger partial charge in [0.1, 0.15) is 29.9 Å². The lowest BCUT2D eigenvalue weighted by Gasteiger charge is -2.62. The van der Waals surface area contributed by atoms with E-state index in [1.54, 1.807) is 0 Å². The van der Waals surface area contributed by atoms with Gasteiger partial charge < -0.3 is 43.4 Å². The summed E-state index contributed by atoms with van der Waals surface area (Å²) in [6, 6.07) is 6.82. The predicted molar refractivity (Wildman–Crippen MR) is 202 cm³/mol. The molecule has 2 fully saturated rings. The number of hydrogen-bond acceptors (Lipinski definition) is 15. The van der Waals surface area contributed by atoms with Gasteiger partial charge in [0.25, 0.3) is 0 Å². The van der Waals surface area contributed by atoms with Crippen molar-refractivity contribution in [1.82, 2.24) is 15.1 Å². The molecule has 1 spiro atoms. The Hall–Kier alpha value is -4.51. The Morgan fingerprint density at radius 3 is 2.64 bits per heavy atom. The number of para-hydroxylation sites is 1. The van der Waals surface area contributed by atoms with Crippen molar-refractivity contribution in [2.45, 2.75) is 80.8 Å². The van der Waals surface area contributed by atoms with Gasteiger partial charge in [-0.2, -0.15) is 0 Å². The van der Waals surface area contributed by atoms with Gasteiger partial charge in [0, 0.05) is 58.0 Å². The van der Waals surface area contributed by atoms with Crippen LogP contribution >= 0.6 is 11.8 Å². The summed E-state index contributed by atoms with van der Waals surface area (Å²) in [6.07, 6.45) is -0.181. The third kappa shape index (κ3) is 4.75. The molecule has 0 aliphatic carbocycles. The summed E-state index contributed by atoms with van der Waals surface area (Å²) < 4.78 is 37.1. The summed E-state index contributed by atoms with van der Waals surface area (Å²) in [6.45, 7) is 4.53.